The van der Waals surface area contributed by atoms with Crippen molar-refractivity contribution in [3.8, 4) is 0 Å². The Morgan fingerprint density at radius 3 is 2.74 bits per heavy atom. The van der Waals surface area contributed by atoms with E-state index in [-0.39, 0.29) is 22.9 Å². The van der Waals surface area contributed by atoms with Gasteiger partial charge in [0.15, 0.2) is 9.84 Å². The van der Waals surface area contributed by atoms with Gasteiger partial charge in [-0.1, -0.05) is 6.07 Å². The zero-order valence-electron chi connectivity index (χ0n) is 10.7. The van der Waals surface area contributed by atoms with Crippen LogP contribution < -0.4 is 5.32 Å². The van der Waals surface area contributed by atoms with E-state index in [4.69, 9.17) is 0 Å². The Morgan fingerprint density at radius 1 is 1.47 bits per heavy atom. The van der Waals surface area contributed by atoms with Crippen LogP contribution in [0.25, 0.3) is 0 Å². The number of nitrogens with one attached hydrogen (secondary N) is 1. The summed E-state index contributed by atoms with van der Waals surface area (Å²) in [6.07, 6.45) is 2.59. The fraction of sp³-hybridized carbons (Fsp3) is 0.462. The van der Waals surface area contributed by atoms with Crippen LogP contribution >= 0.6 is 0 Å². The summed E-state index contributed by atoms with van der Waals surface area (Å²) in [5, 5.41) is 12.3. The van der Waals surface area contributed by atoms with Gasteiger partial charge in [0.05, 0.1) is 11.0 Å². The number of hydrogen-bond acceptors (Lipinski definition) is 4. The van der Waals surface area contributed by atoms with E-state index in [9.17, 15) is 18.3 Å². The molecule has 1 aromatic carbocycles. The number of sulfone groups is 1. The molecule has 6 heteroatoms. The number of carbonyl (C=O) groups excluding carboxylic acids is 1. The van der Waals surface area contributed by atoms with Gasteiger partial charge in [-0.2, -0.15) is 0 Å². The van der Waals surface area contributed by atoms with Gasteiger partial charge in [-0.25, -0.2) is 8.42 Å². The summed E-state index contributed by atoms with van der Waals surface area (Å²) in [5.74, 6) is -0.0761. The summed E-state index contributed by atoms with van der Waals surface area (Å²) in [6.45, 7) is 0.201. The molecule has 0 aromatic heterocycles. The highest BCUT2D eigenvalue weighted by atomic mass is 32.2. The van der Waals surface area contributed by atoms with Gasteiger partial charge in [-0.15, -0.1) is 0 Å². The summed E-state index contributed by atoms with van der Waals surface area (Å²) in [6, 6.07) is 5.87. The van der Waals surface area contributed by atoms with Crippen LogP contribution in [0.5, 0.6) is 0 Å². The van der Waals surface area contributed by atoms with Crippen molar-refractivity contribution < 1.29 is 18.3 Å². The van der Waals surface area contributed by atoms with Crippen LogP contribution in [-0.4, -0.2) is 38.3 Å². The highest BCUT2D eigenvalue weighted by molar-refractivity contribution is 7.90. The lowest BCUT2D eigenvalue weighted by Gasteiger charge is -2.11. The molecule has 0 aliphatic heterocycles. The molecule has 0 heterocycles. The van der Waals surface area contributed by atoms with E-state index in [1.54, 1.807) is 6.07 Å². The molecule has 1 fully saturated rings. The molecule has 104 valence electrons. The smallest absolute Gasteiger partial charge is 0.251 e. The molecule has 1 aliphatic carbocycles. The van der Waals surface area contributed by atoms with Crippen LogP contribution in [-0.2, 0) is 9.84 Å². The van der Waals surface area contributed by atoms with Crippen LogP contribution in [0.3, 0.4) is 0 Å². The highest BCUT2D eigenvalue weighted by Gasteiger charge is 2.29. The van der Waals surface area contributed by atoms with E-state index < -0.39 is 15.9 Å². The molecule has 1 atom stereocenters. The predicted octanol–water partition coefficient (Wildman–Crippen LogP) is 0.591. The highest BCUT2D eigenvalue weighted by Crippen LogP contribution is 2.32. The fourth-order valence-corrected chi connectivity index (χ4v) is 2.48. The average molecular weight is 283 g/mol. The monoisotopic (exact) mass is 283 g/mol. The van der Waals surface area contributed by atoms with Crippen LogP contribution in [0.4, 0.5) is 0 Å². The Kier molecular flexibility index (Phi) is 3.91. The zero-order chi connectivity index (χ0) is 14.0. The second kappa shape index (κ2) is 5.30. The molecule has 2 N–H and O–H groups in total. The average Bonchev–Trinajstić information content (AvgIpc) is 3.19. The minimum Gasteiger partial charge on any atom is -0.391 e. The molecule has 1 aliphatic rings. The fourth-order valence-electron chi connectivity index (χ4n) is 1.81. The SMILES string of the molecule is CS(=O)(=O)c1cccc(C(=O)NCC(O)C2CC2)c1. The third-order valence-corrected chi connectivity index (χ3v) is 4.27. The summed E-state index contributed by atoms with van der Waals surface area (Å²) in [4.78, 5) is 12.0. The summed E-state index contributed by atoms with van der Waals surface area (Å²) in [7, 11) is -3.32. The molecule has 1 amide bonds. The van der Waals surface area contributed by atoms with Gasteiger partial charge in [-0.05, 0) is 37.0 Å². The van der Waals surface area contributed by atoms with Crippen molar-refractivity contribution >= 4 is 15.7 Å². The third-order valence-electron chi connectivity index (χ3n) is 3.16. The first-order valence-electron chi connectivity index (χ1n) is 6.14. The zero-order valence-corrected chi connectivity index (χ0v) is 11.5. The first kappa shape index (κ1) is 14.0. The number of hydrogen-bond donors (Lipinski definition) is 2. The predicted molar refractivity (Wildman–Crippen MR) is 70.6 cm³/mol. The topological polar surface area (TPSA) is 83.5 Å². The quantitative estimate of drug-likeness (QED) is 0.828. The molecule has 0 bridgehead atoms. The summed E-state index contributed by atoms with van der Waals surface area (Å²) < 4.78 is 22.8. The van der Waals surface area contributed by atoms with Gasteiger partial charge in [0, 0.05) is 18.4 Å². The number of rotatable bonds is 5. The number of aliphatic hydroxyl groups is 1. The van der Waals surface area contributed by atoms with E-state index in [0.29, 0.717) is 5.92 Å². The molecule has 0 spiro atoms. The van der Waals surface area contributed by atoms with Gasteiger partial charge in [0.2, 0.25) is 0 Å². The molecule has 1 saturated carbocycles. The van der Waals surface area contributed by atoms with Crippen LogP contribution in [0.1, 0.15) is 23.2 Å². The molecular weight excluding hydrogens is 266 g/mol. The van der Waals surface area contributed by atoms with Crippen molar-refractivity contribution in [2.75, 3.05) is 12.8 Å². The van der Waals surface area contributed by atoms with Crippen molar-refractivity contribution in [3.63, 3.8) is 0 Å². The van der Waals surface area contributed by atoms with Crippen molar-refractivity contribution in [2.45, 2.75) is 23.8 Å². The van der Waals surface area contributed by atoms with E-state index >= 15 is 0 Å². The summed E-state index contributed by atoms with van der Waals surface area (Å²) >= 11 is 0. The van der Waals surface area contributed by atoms with Gasteiger partial charge in [-0.3, -0.25) is 4.79 Å². The Bertz CT molecular complexity index is 578. The Morgan fingerprint density at radius 2 is 2.16 bits per heavy atom. The summed E-state index contributed by atoms with van der Waals surface area (Å²) in [5.41, 5.74) is 0.283. The maximum absolute atomic E-state index is 11.9. The second-order valence-corrected chi connectivity index (χ2v) is 6.93. The van der Waals surface area contributed by atoms with Gasteiger partial charge in [0.1, 0.15) is 0 Å². The van der Waals surface area contributed by atoms with Gasteiger partial charge >= 0.3 is 0 Å². The number of carbonyl (C=O) groups is 1. The van der Waals surface area contributed by atoms with Crippen molar-refractivity contribution in [1.82, 2.24) is 5.32 Å². The molecule has 1 unspecified atom stereocenters. The number of benzene rings is 1. The van der Waals surface area contributed by atoms with Crippen molar-refractivity contribution in [2.24, 2.45) is 5.92 Å². The lowest BCUT2D eigenvalue weighted by atomic mass is 10.2. The molecule has 0 radical (unpaired) electrons. The number of aliphatic hydroxyl groups excluding tert-OH is 1. The minimum absolute atomic E-state index is 0.114. The Hall–Kier alpha value is -1.40. The normalized spacial score (nSPS) is 16.9. The molecule has 5 nitrogen and oxygen atoms in total. The third kappa shape index (κ3) is 3.78. The van der Waals surface area contributed by atoms with E-state index in [1.165, 1.54) is 18.2 Å². The molecular formula is C13H17NO4S. The largest absolute Gasteiger partial charge is 0.391 e. The molecule has 2 rings (SSSR count). The van der Waals surface area contributed by atoms with E-state index in [0.717, 1.165) is 19.1 Å². The molecule has 19 heavy (non-hydrogen) atoms. The van der Waals surface area contributed by atoms with E-state index in [2.05, 4.69) is 5.32 Å². The van der Waals surface area contributed by atoms with Crippen molar-refractivity contribution in [1.29, 1.82) is 0 Å². The number of amides is 1. The van der Waals surface area contributed by atoms with Crippen LogP contribution in [0.2, 0.25) is 0 Å². The standard InChI is InChI=1S/C13H17NO4S/c1-19(17,18)11-4-2-3-10(7-11)13(16)14-8-12(15)9-5-6-9/h2-4,7,9,12,15H,5-6,8H2,1H3,(H,14,16). The Balaban J connectivity index is 2.02. The molecule has 1 aromatic rings. The van der Waals surface area contributed by atoms with Gasteiger partial charge < -0.3 is 10.4 Å². The van der Waals surface area contributed by atoms with Gasteiger partial charge in [0.25, 0.3) is 5.91 Å². The maximum atomic E-state index is 11.9. The lowest BCUT2D eigenvalue weighted by Crippen LogP contribution is -2.33. The Labute approximate surface area is 112 Å². The first-order chi connectivity index (χ1) is 8.88. The van der Waals surface area contributed by atoms with Crippen LogP contribution in [0.15, 0.2) is 29.2 Å². The van der Waals surface area contributed by atoms with E-state index in [1.807, 2.05) is 0 Å². The lowest BCUT2D eigenvalue weighted by molar-refractivity contribution is 0.0901. The molecule has 0 saturated heterocycles. The second-order valence-electron chi connectivity index (χ2n) is 4.91. The first-order valence-corrected chi connectivity index (χ1v) is 8.03. The maximum Gasteiger partial charge on any atom is 0.251 e. The van der Waals surface area contributed by atoms with Crippen LogP contribution in [0, 0.1) is 5.92 Å². The van der Waals surface area contributed by atoms with Crippen molar-refractivity contribution in [3.05, 3.63) is 29.8 Å². The minimum atomic E-state index is -3.32.